The van der Waals surface area contributed by atoms with Crippen LogP contribution in [0.3, 0.4) is 0 Å². The van der Waals surface area contributed by atoms with Gasteiger partial charge in [0.05, 0.1) is 0 Å². The third-order valence-electron chi connectivity index (χ3n) is 3.01. The summed E-state index contributed by atoms with van der Waals surface area (Å²) < 4.78 is 0. The van der Waals surface area contributed by atoms with Crippen LogP contribution in [0, 0.1) is 11.8 Å². The van der Waals surface area contributed by atoms with Crippen molar-refractivity contribution in [3.63, 3.8) is 0 Å². The molecule has 1 aliphatic rings. The SMILES string of the molecule is CNC1CCC(C)C(C)C1. The molecular formula is C9H19N. The van der Waals surface area contributed by atoms with Gasteiger partial charge in [0.2, 0.25) is 0 Å². The summed E-state index contributed by atoms with van der Waals surface area (Å²) in [6, 6.07) is 0.797. The molecule has 0 aromatic heterocycles. The summed E-state index contributed by atoms with van der Waals surface area (Å²) in [6.45, 7) is 4.74. The molecule has 0 aromatic carbocycles. The van der Waals surface area contributed by atoms with Gasteiger partial charge >= 0.3 is 0 Å². The molecule has 0 aromatic rings. The van der Waals surface area contributed by atoms with Crippen molar-refractivity contribution in [2.45, 2.75) is 39.2 Å². The van der Waals surface area contributed by atoms with Gasteiger partial charge in [0, 0.05) is 6.04 Å². The summed E-state index contributed by atoms with van der Waals surface area (Å²) in [7, 11) is 2.08. The van der Waals surface area contributed by atoms with Crippen LogP contribution in [-0.2, 0) is 0 Å². The highest BCUT2D eigenvalue weighted by Gasteiger charge is 2.22. The lowest BCUT2D eigenvalue weighted by molar-refractivity contribution is 0.233. The Morgan fingerprint density at radius 2 is 1.80 bits per heavy atom. The minimum atomic E-state index is 0.797. The fourth-order valence-corrected chi connectivity index (χ4v) is 1.81. The van der Waals surface area contributed by atoms with Crippen LogP contribution in [0.5, 0.6) is 0 Å². The van der Waals surface area contributed by atoms with E-state index in [4.69, 9.17) is 0 Å². The molecule has 3 atom stereocenters. The van der Waals surface area contributed by atoms with Crippen LogP contribution < -0.4 is 5.32 Å². The monoisotopic (exact) mass is 141 g/mol. The van der Waals surface area contributed by atoms with Gasteiger partial charge in [-0.3, -0.25) is 0 Å². The van der Waals surface area contributed by atoms with E-state index in [2.05, 4.69) is 26.2 Å². The maximum atomic E-state index is 3.35. The van der Waals surface area contributed by atoms with Crippen LogP contribution >= 0.6 is 0 Å². The van der Waals surface area contributed by atoms with E-state index >= 15 is 0 Å². The molecule has 1 rings (SSSR count). The molecule has 3 unspecified atom stereocenters. The Kier molecular flexibility index (Phi) is 2.72. The van der Waals surface area contributed by atoms with E-state index < -0.39 is 0 Å². The second-order valence-corrected chi connectivity index (χ2v) is 3.75. The molecule has 60 valence electrons. The van der Waals surface area contributed by atoms with Crippen LogP contribution in [0.1, 0.15) is 33.1 Å². The van der Waals surface area contributed by atoms with E-state index in [9.17, 15) is 0 Å². The average molecular weight is 141 g/mol. The third kappa shape index (κ3) is 1.72. The lowest BCUT2D eigenvalue weighted by atomic mass is 9.79. The zero-order chi connectivity index (χ0) is 7.56. The molecule has 1 N–H and O–H groups in total. The first kappa shape index (κ1) is 8.06. The molecule has 1 fully saturated rings. The second kappa shape index (κ2) is 3.38. The summed E-state index contributed by atoms with van der Waals surface area (Å²) in [5.74, 6) is 1.87. The molecule has 1 saturated carbocycles. The standard InChI is InChI=1S/C9H19N/c1-7-4-5-9(10-3)6-8(7)2/h7-10H,4-6H2,1-3H3. The highest BCUT2D eigenvalue weighted by Crippen LogP contribution is 2.28. The molecule has 0 aliphatic heterocycles. The predicted molar refractivity (Wildman–Crippen MR) is 45.0 cm³/mol. The van der Waals surface area contributed by atoms with Crippen molar-refractivity contribution >= 4 is 0 Å². The highest BCUT2D eigenvalue weighted by molar-refractivity contribution is 4.78. The van der Waals surface area contributed by atoms with Crippen molar-refractivity contribution in [3.8, 4) is 0 Å². The van der Waals surface area contributed by atoms with Crippen LogP contribution in [0.25, 0.3) is 0 Å². The molecule has 0 amide bonds. The zero-order valence-corrected chi connectivity index (χ0v) is 7.35. The Bertz CT molecular complexity index is 101. The van der Waals surface area contributed by atoms with E-state index in [0.29, 0.717) is 0 Å². The summed E-state index contributed by atoms with van der Waals surface area (Å²) in [6.07, 6.45) is 4.16. The number of hydrogen-bond donors (Lipinski definition) is 1. The van der Waals surface area contributed by atoms with Crippen LogP contribution in [0.2, 0.25) is 0 Å². The van der Waals surface area contributed by atoms with E-state index in [-0.39, 0.29) is 0 Å². The van der Waals surface area contributed by atoms with Crippen molar-refractivity contribution < 1.29 is 0 Å². The van der Waals surface area contributed by atoms with Crippen molar-refractivity contribution in [1.82, 2.24) is 5.32 Å². The summed E-state index contributed by atoms with van der Waals surface area (Å²) in [5.41, 5.74) is 0. The van der Waals surface area contributed by atoms with E-state index in [1.807, 2.05) is 0 Å². The Hall–Kier alpha value is -0.0400. The maximum absolute atomic E-state index is 3.35. The second-order valence-electron chi connectivity index (χ2n) is 3.75. The molecule has 0 saturated heterocycles. The van der Waals surface area contributed by atoms with Gasteiger partial charge < -0.3 is 5.32 Å². The first-order chi connectivity index (χ1) is 4.74. The molecule has 10 heavy (non-hydrogen) atoms. The normalized spacial score (nSPS) is 41.7. The van der Waals surface area contributed by atoms with Crippen molar-refractivity contribution in [2.75, 3.05) is 7.05 Å². The first-order valence-corrected chi connectivity index (χ1v) is 4.41. The summed E-state index contributed by atoms with van der Waals surface area (Å²) in [4.78, 5) is 0. The molecule has 0 radical (unpaired) electrons. The Morgan fingerprint density at radius 1 is 1.10 bits per heavy atom. The molecule has 0 heterocycles. The van der Waals surface area contributed by atoms with Gasteiger partial charge in [-0.1, -0.05) is 13.8 Å². The summed E-state index contributed by atoms with van der Waals surface area (Å²) in [5, 5.41) is 3.35. The lowest BCUT2D eigenvalue weighted by Gasteiger charge is -2.31. The number of nitrogens with one attached hydrogen (secondary N) is 1. The molecule has 1 heteroatoms. The lowest BCUT2D eigenvalue weighted by Crippen LogP contribution is -2.33. The van der Waals surface area contributed by atoms with Crippen molar-refractivity contribution in [1.29, 1.82) is 0 Å². The van der Waals surface area contributed by atoms with Crippen LogP contribution in [-0.4, -0.2) is 13.1 Å². The van der Waals surface area contributed by atoms with Gasteiger partial charge in [-0.05, 0) is 38.1 Å². The number of rotatable bonds is 1. The molecule has 1 nitrogen and oxygen atoms in total. The molecule has 0 bridgehead atoms. The van der Waals surface area contributed by atoms with Crippen LogP contribution in [0.4, 0.5) is 0 Å². The smallest absolute Gasteiger partial charge is 0.00668 e. The maximum Gasteiger partial charge on any atom is 0.00668 e. The predicted octanol–water partition coefficient (Wildman–Crippen LogP) is 2.03. The third-order valence-corrected chi connectivity index (χ3v) is 3.01. The van der Waals surface area contributed by atoms with Crippen molar-refractivity contribution in [2.24, 2.45) is 11.8 Å². The largest absolute Gasteiger partial charge is 0.317 e. The van der Waals surface area contributed by atoms with E-state index in [1.54, 1.807) is 0 Å². The highest BCUT2D eigenvalue weighted by atomic mass is 14.9. The number of hydrogen-bond acceptors (Lipinski definition) is 1. The van der Waals surface area contributed by atoms with Crippen LogP contribution in [0.15, 0.2) is 0 Å². The minimum absolute atomic E-state index is 0.797. The van der Waals surface area contributed by atoms with Gasteiger partial charge in [0.15, 0.2) is 0 Å². The molecule has 1 aliphatic carbocycles. The fraction of sp³-hybridized carbons (Fsp3) is 1.00. The topological polar surface area (TPSA) is 12.0 Å². The Balaban J connectivity index is 2.33. The van der Waals surface area contributed by atoms with Gasteiger partial charge in [-0.15, -0.1) is 0 Å². The van der Waals surface area contributed by atoms with Gasteiger partial charge in [-0.2, -0.15) is 0 Å². The zero-order valence-electron chi connectivity index (χ0n) is 7.35. The Labute approximate surface area is 64.2 Å². The summed E-state index contributed by atoms with van der Waals surface area (Å²) >= 11 is 0. The average Bonchev–Trinajstić information content (AvgIpc) is 1.95. The molecular weight excluding hydrogens is 122 g/mol. The molecule has 0 spiro atoms. The minimum Gasteiger partial charge on any atom is -0.317 e. The first-order valence-electron chi connectivity index (χ1n) is 4.41. The fourth-order valence-electron chi connectivity index (χ4n) is 1.81. The Morgan fingerprint density at radius 3 is 2.30 bits per heavy atom. The van der Waals surface area contributed by atoms with Crippen molar-refractivity contribution in [3.05, 3.63) is 0 Å². The van der Waals surface area contributed by atoms with E-state index in [0.717, 1.165) is 17.9 Å². The quantitative estimate of drug-likeness (QED) is 0.589. The van der Waals surface area contributed by atoms with Gasteiger partial charge in [0.25, 0.3) is 0 Å². The van der Waals surface area contributed by atoms with E-state index in [1.165, 1.54) is 19.3 Å². The van der Waals surface area contributed by atoms with Gasteiger partial charge in [-0.25, -0.2) is 0 Å². The van der Waals surface area contributed by atoms with Gasteiger partial charge in [0.1, 0.15) is 0 Å².